The number of nitrogens with one attached hydrogen (secondary N) is 2. The quantitative estimate of drug-likeness (QED) is 0.159. The zero-order chi connectivity index (χ0) is 14.4. The van der Waals surface area contributed by atoms with Crippen LogP contribution < -0.4 is 33.9 Å². The molecule has 4 fully saturated rings. The first-order valence-electron chi connectivity index (χ1n) is 7.12. The van der Waals surface area contributed by atoms with Gasteiger partial charge < -0.3 is 22.6 Å². The molecule has 4 aliphatic carbocycles. The zero-order valence-corrected chi connectivity index (χ0v) is 11.6. The van der Waals surface area contributed by atoms with E-state index in [9.17, 15) is 0 Å². The lowest BCUT2D eigenvalue weighted by Crippen LogP contribution is -2.66. The molecule has 4 aliphatic rings. The summed E-state index contributed by atoms with van der Waals surface area (Å²) < 4.78 is 0. The summed E-state index contributed by atoms with van der Waals surface area (Å²) in [6.07, 6.45) is 6.55. The number of hydrogen-bond donors (Lipinski definition) is 6. The molecule has 0 aromatic heterocycles. The van der Waals surface area contributed by atoms with Crippen molar-refractivity contribution in [1.29, 1.82) is 0 Å². The van der Waals surface area contributed by atoms with Gasteiger partial charge in [-0.25, -0.2) is 10.8 Å². The van der Waals surface area contributed by atoms with E-state index in [4.69, 9.17) is 23.2 Å². The molecule has 2 unspecified atom stereocenters. The van der Waals surface area contributed by atoms with Gasteiger partial charge in [0.05, 0.1) is 5.54 Å². The Kier molecular flexibility index (Phi) is 2.93. The van der Waals surface area contributed by atoms with Crippen LogP contribution in [0.1, 0.15) is 38.5 Å². The van der Waals surface area contributed by atoms with Gasteiger partial charge in [0.2, 0.25) is 11.9 Å². The number of hydrogen-bond acceptors (Lipinski definition) is 4. The Morgan fingerprint density at radius 2 is 1.70 bits per heavy atom. The molecule has 4 atom stereocenters. The Bertz CT molecular complexity index is 442. The van der Waals surface area contributed by atoms with Gasteiger partial charge in [-0.3, -0.25) is 5.43 Å². The van der Waals surface area contributed by atoms with E-state index in [2.05, 4.69) is 20.8 Å². The van der Waals surface area contributed by atoms with E-state index in [0.717, 1.165) is 32.1 Å². The number of nitrogens with two attached hydrogens (primary N) is 4. The van der Waals surface area contributed by atoms with E-state index in [1.54, 1.807) is 0 Å². The van der Waals surface area contributed by atoms with E-state index >= 15 is 0 Å². The molecule has 4 bridgehead atoms. The highest BCUT2D eigenvalue weighted by Gasteiger charge is 2.58. The van der Waals surface area contributed by atoms with Crippen molar-refractivity contribution in [3.05, 3.63) is 0 Å². The number of hydrazone groups is 1. The van der Waals surface area contributed by atoms with Crippen molar-refractivity contribution < 1.29 is 0 Å². The molecule has 4 saturated carbocycles. The molecule has 112 valence electrons. The highest BCUT2D eigenvalue weighted by Crippen LogP contribution is 2.58. The van der Waals surface area contributed by atoms with E-state index < -0.39 is 0 Å². The maximum absolute atomic E-state index is 5.79. The van der Waals surface area contributed by atoms with Crippen LogP contribution in [0.5, 0.6) is 0 Å². The van der Waals surface area contributed by atoms with Gasteiger partial charge in [-0.1, -0.05) is 0 Å². The van der Waals surface area contributed by atoms with Gasteiger partial charge in [0.25, 0.3) is 0 Å². The van der Waals surface area contributed by atoms with Gasteiger partial charge in [-0.15, -0.1) is 5.10 Å². The SMILES string of the molecule is N/N=C(\N)NC12C[C@@H]3C[C@@H](CC(N=C(N)NN)(C3)C1)C2. The van der Waals surface area contributed by atoms with Gasteiger partial charge in [-0.2, -0.15) is 0 Å². The van der Waals surface area contributed by atoms with Crippen molar-refractivity contribution in [2.45, 2.75) is 49.6 Å². The molecule has 0 saturated heterocycles. The molecule has 8 heteroatoms. The summed E-state index contributed by atoms with van der Waals surface area (Å²) in [7, 11) is 0. The van der Waals surface area contributed by atoms with Crippen molar-refractivity contribution in [3.63, 3.8) is 0 Å². The first-order valence-corrected chi connectivity index (χ1v) is 7.12. The van der Waals surface area contributed by atoms with Crippen LogP contribution in [0.2, 0.25) is 0 Å². The topological polar surface area (TPSA) is 153 Å². The van der Waals surface area contributed by atoms with Crippen LogP contribution in [0.15, 0.2) is 10.1 Å². The normalized spacial score (nSPS) is 43.6. The standard InChI is InChI=1S/C12H24N8/c13-9(19-15)17-11-2-7-1-8(4-11)5-12(3-7,6-11)18-10(14)20-16/h7-8H,1-6,15-16H2,(H3,13,17,19)(H3,14,18,20)/t7-,8+,11?,12?. The fourth-order valence-corrected chi connectivity index (χ4v) is 5.08. The summed E-state index contributed by atoms with van der Waals surface area (Å²) in [5, 5.41) is 6.89. The van der Waals surface area contributed by atoms with Gasteiger partial charge in [0.1, 0.15) is 0 Å². The predicted octanol–water partition coefficient (Wildman–Crippen LogP) is -1.37. The molecule has 10 N–H and O–H groups in total. The number of hydrazine groups is 1. The molecule has 8 nitrogen and oxygen atoms in total. The van der Waals surface area contributed by atoms with Crippen LogP contribution in [0.3, 0.4) is 0 Å². The number of nitrogens with zero attached hydrogens (tertiary/aromatic N) is 2. The summed E-state index contributed by atoms with van der Waals surface area (Å²) in [6.45, 7) is 0. The Hall–Kier alpha value is -1.70. The summed E-state index contributed by atoms with van der Waals surface area (Å²) in [5.74, 6) is 12.5. The second-order valence-corrected chi connectivity index (χ2v) is 6.75. The summed E-state index contributed by atoms with van der Waals surface area (Å²) in [6, 6.07) is 0. The minimum absolute atomic E-state index is 0.0462. The third-order valence-electron chi connectivity index (χ3n) is 5.07. The van der Waals surface area contributed by atoms with Crippen LogP contribution in [-0.4, -0.2) is 23.0 Å². The Morgan fingerprint density at radius 3 is 2.25 bits per heavy atom. The molecule has 0 radical (unpaired) electrons. The van der Waals surface area contributed by atoms with Crippen LogP contribution in [0.25, 0.3) is 0 Å². The monoisotopic (exact) mass is 280 g/mol. The van der Waals surface area contributed by atoms with Crippen LogP contribution in [0.4, 0.5) is 0 Å². The van der Waals surface area contributed by atoms with Crippen LogP contribution >= 0.6 is 0 Å². The molecule has 20 heavy (non-hydrogen) atoms. The van der Waals surface area contributed by atoms with Gasteiger partial charge in [-0.05, 0) is 50.4 Å². The fourth-order valence-electron chi connectivity index (χ4n) is 5.08. The Morgan fingerprint density at radius 1 is 1.05 bits per heavy atom. The van der Waals surface area contributed by atoms with Gasteiger partial charge in [0.15, 0.2) is 0 Å². The molecule has 4 rings (SSSR count). The summed E-state index contributed by atoms with van der Waals surface area (Å²) in [5.41, 5.74) is 13.9. The van der Waals surface area contributed by atoms with Crippen molar-refractivity contribution in [3.8, 4) is 0 Å². The molecule has 0 aliphatic heterocycles. The maximum atomic E-state index is 5.79. The second kappa shape index (κ2) is 4.41. The lowest BCUT2D eigenvalue weighted by molar-refractivity contribution is -0.0260. The van der Waals surface area contributed by atoms with Crippen molar-refractivity contribution in [2.24, 2.45) is 45.1 Å². The van der Waals surface area contributed by atoms with E-state index in [1.165, 1.54) is 6.42 Å². The largest absolute Gasteiger partial charge is 0.369 e. The lowest BCUT2D eigenvalue weighted by atomic mass is 9.50. The molecular weight excluding hydrogens is 256 g/mol. The first-order chi connectivity index (χ1) is 9.48. The van der Waals surface area contributed by atoms with Gasteiger partial charge >= 0.3 is 0 Å². The predicted molar refractivity (Wildman–Crippen MR) is 78.0 cm³/mol. The lowest BCUT2D eigenvalue weighted by Gasteiger charge is -2.60. The third kappa shape index (κ3) is 2.13. The Labute approximate surface area is 118 Å². The smallest absolute Gasteiger partial charge is 0.211 e. The summed E-state index contributed by atoms with van der Waals surface area (Å²) >= 11 is 0. The maximum Gasteiger partial charge on any atom is 0.211 e. The molecule has 0 spiro atoms. The molecule has 0 amide bonds. The zero-order valence-electron chi connectivity index (χ0n) is 11.6. The van der Waals surface area contributed by atoms with Crippen molar-refractivity contribution in [2.75, 3.05) is 0 Å². The second-order valence-electron chi connectivity index (χ2n) is 6.75. The number of rotatable bonds is 2. The average molecular weight is 280 g/mol. The fraction of sp³-hybridized carbons (Fsp3) is 0.833. The molecule has 0 aromatic carbocycles. The Balaban J connectivity index is 1.89. The van der Waals surface area contributed by atoms with Gasteiger partial charge in [0, 0.05) is 5.54 Å². The highest BCUT2D eigenvalue weighted by molar-refractivity contribution is 5.79. The molecule has 0 heterocycles. The van der Waals surface area contributed by atoms with E-state index in [1.807, 2.05) is 0 Å². The minimum Gasteiger partial charge on any atom is -0.369 e. The molecular formula is C12H24N8. The van der Waals surface area contributed by atoms with Crippen molar-refractivity contribution in [1.82, 2.24) is 10.7 Å². The van der Waals surface area contributed by atoms with E-state index in [-0.39, 0.29) is 11.1 Å². The molecule has 0 aromatic rings. The number of aliphatic imine (C=N–C) groups is 1. The average Bonchev–Trinajstić information content (AvgIpc) is 2.35. The van der Waals surface area contributed by atoms with Crippen molar-refractivity contribution >= 4 is 11.9 Å². The first kappa shape index (κ1) is 13.3. The summed E-state index contributed by atoms with van der Waals surface area (Å²) in [4.78, 5) is 4.67. The number of guanidine groups is 2. The highest BCUT2D eigenvalue weighted by atomic mass is 15.3. The minimum atomic E-state index is -0.123. The van der Waals surface area contributed by atoms with Crippen LogP contribution in [0, 0.1) is 11.8 Å². The van der Waals surface area contributed by atoms with Crippen LogP contribution in [-0.2, 0) is 0 Å². The third-order valence-corrected chi connectivity index (χ3v) is 5.07. The van der Waals surface area contributed by atoms with E-state index in [0.29, 0.717) is 23.8 Å².